The Morgan fingerprint density at radius 3 is 2.42 bits per heavy atom. The van der Waals surface area contributed by atoms with Gasteiger partial charge >= 0.3 is 23.9 Å². The van der Waals surface area contributed by atoms with E-state index in [9.17, 15) is 22.8 Å². The Morgan fingerprint density at radius 2 is 1.77 bits per heavy atom. The summed E-state index contributed by atoms with van der Waals surface area (Å²) < 4.78 is 59.7. The monoisotopic (exact) mass is 452 g/mol. The molecule has 1 saturated carbocycles. The van der Waals surface area contributed by atoms with E-state index < -0.39 is 66.3 Å². The molecule has 8 atom stereocenters. The van der Waals surface area contributed by atoms with Crippen molar-refractivity contribution in [2.24, 2.45) is 23.7 Å². The van der Waals surface area contributed by atoms with Crippen LogP contribution in [0.5, 0.6) is 0 Å². The number of rotatable bonds is 4. The van der Waals surface area contributed by atoms with Gasteiger partial charge in [-0.05, 0) is 38.0 Å². The summed E-state index contributed by atoms with van der Waals surface area (Å²) in [6.07, 6.45) is -5.79. The van der Waals surface area contributed by atoms with Crippen LogP contribution in [0.4, 0.5) is 13.2 Å². The van der Waals surface area contributed by atoms with E-state index in [2.05, 4.69) is 0 Å². The van der Waals surface area contributed by atoms with Crippen LogP contribution in [0.25, 0.3) is 0 Å². The number of carbonyl (C=O) groups is 2. The topological polar surface area (TPSA) is 101 Å². The first-order valence-corrected chi connectivity index (χ1v) is 10.6. The van der Waals surface area contributed by atoms with E-state index in [1.807, 2.05) is 6.92 Å². The van der Waals surface area contributed by atoms with Crippen LogP contribution in [-0.4, -0.2) is 46.7 Å². The lowest BCUT2D eigenvalue weighted by atomic mass is 9.57. The summed E-state index contributed by atoms with van der Waals surface area (Å²) >= 11 is 0. The van der Waals surface area contributed by atoms with Crippen LogP contribution >= 0.6 is 0 Å². The van der Waals surface area contributed by atoms with Gasteiger partial charge in [0.1, 0.15) is 0 Å². The summed E-state index contributed by atoms with van der Waals surface area (Å²) in [4.78, 5) is 34.4. The van der Waals surface area contributed by atoms with E-state index in [0.717, 1.165) is 0 Å². The van der Waals surface area contributed by atoms with Gasteiger partial charge in [-0.2, -0.15) is 13.2 Å². The first-order chi connectivity index (χ1) is 14.3. The Morgan fingerprint density at radius 1 is 1.06 bits per heavy atom. The van der Waals surface area contributed by atoms with Crippen molar-refractivity contribution in [1.29, 1.82) is 0 Å². The minimum absolute atomic E-state index is 0.152. The molecule has 11 heteroatoms. The van der Waals surface area contributed by atoms with Crippen LogP contribution in [0.1, 0.15) is 59.3 Å². The van der Waals surface area contributed by atoms with Gasteiger partial charge in [-0.3, -0.25) is 14.3 Å². The SMILES string of the molecule is C[C@@H]1CC[C@H]2[C@@H](C)C(OC(=O)CCC(=O)O)(C(F)(F)F)O[C@@H]3O[C@]4(C)CC[C@@H]1[C@]32OO4. The summed E-state index contributed by atoms with van der Waals surface area (Å²) in [6.45, 7) is 4.92. The lowest BCUT2D eigenvalue weighted by Crippen LogP contribution is -2.76. The molecule has 0 amide bonds. The highest BCUT2D eigenvalue weighted by molar-refractivity contribution is 5.76. The van der Waals surface area contributed by atoms with Gasteiger partial charge in [0.15, 0.2) is 11.9 Å². The molecule has 1 N–H and O–H groups in total. The van der Waals surface area contributed by atoms with Crippen LogP contribution in [0.15, 0.2) is 0 Å². The summed E-state index contributed by atoms with van der Waals surface area (Å²) in [5.74, 6) is -9.24. The minimum Gasteiger partial charge on any atom is -0.481 e. The molecule has 1 aliphatic carbocycles. The fraction of sp³-hybridized carbons (Fsp3) is 0.900. The summed E-state index contributed by atoms with van der Waals surface area (Å²) in [5, 5.41) is 8.76. The van der Waals surface area contributed by atoms with Crippen LogP contribution < -0.4 is 0 Å². The van der Waals surface area contributed by atoms with Crippen molar-refractivity contribution in [2.75, 3.05) is 0 Å². The highest BCUT2D eigenvalue weighted by Crippen LogP contribution is 2.64. The number of hydrogen-bond donors (Lipinski definition) is 1. The Balaban J connectivity index is 1.75. The van der Waals surface area contributed by atoms with Crippen molar-refractivity contribution in [3.63, 3.8) is 0 Å². The van der Waals surface area contributed by atoms with Crippen LogP contribution in [0.3, 0.4) is 0 Å². The second kappa shape index (κ2) is 7.29. The second-order valence-corrected chi connectivity index (χ2v) is 9.35. The number of ether oxygens (including phenoxy) is 3. The number of alkyl halides is 3. The van der Waals surface area contributed by atoms with Crippen molar-refractivity contribution in [3.05, 3.63) is 0 Å². The normalized spacial score (nSPS) is 46.7. The molecule has 5 aliphatic rings. The molecule has 4 aliphatic heterocycles. The minimum atomic E-state index is -5.08. The van der Waals surface area contributed by atoms with Crippen molar-refractivity contribution >= 4 is 11.9 Å². The third-order valence-corrected chi connectivity index (χ3v) is 7.46. The largest absolute Gasteiger partial charge is 0.481 e. The highest BCUT2D eigenvalue weighted by atomic mass is 19.4. The van der Waals surface area contributed by atoms with Gasteiger partial charge < -0.3 is 14.6 Å². The summed E-state index contributed by atoms with van der Waals surface area (Å²) in [6, 6.07) is 0. The number of carbonyl (C=O) groups excluding carboxylic acids is 1. The average Bonchev–Trinajstić information content (AvgIpc) is 2.89. The summed E-state index contributed by atoms with van der Waals surface area (Å²) in [7, 11) is 0. The molecule has 31 heavy (non-hydrogen) atoms. The Bertz CT molecular complexity index is 759. The highest BCUT2D eigenvalue weighted by Gasteiger charge is 2.78. The van der Waals surface area contributed by atoms with Gasteiger partial charge in [-0.1, -0.05) is 13.8 Å². The first-order valence-electron chi connectivity index (χ1n) is 10.6. The number of aliphatic carboxylic acids is 1. The van der Waals surface area contributed by atoms with Gasteiger partial charge in [-0.15, -0.1) is 0 Å². The molecule has 0 aromatic heterocycles. The van der Waals surface area contributed by atoms with Gasteiger partial charge in [0.25, 0.3) is 0 Å². The molecule has 5 fully saturated rings. The number of esters is 1. The fourth-order valence-corrected chi connectivity index (χ4v) is 5.85. The molecule has 0 radical (unpaired) electrons. The molecule has 0 aromatic rings. The maximum Gasteiger partial charge on any atom is 0.455 e. The molecule has 2 bridgehead atoms. The first kappa shape index (κ1) is 22.8. The van der Waals surface area contributed by atoms with Crippen molar-refractivity contribution in [2.45, 2.75) is 88.9 Å². The molecule has 5 rings (SSSR count). The number of halogens is 3. The quantitative estimate of drug-likeness (QED) is 0.511. The maximum absolute atomic E-state index is 14.5. The van der Waals surface area contributed by atoms with Crippen LogP contribution in [-0.2, 0) is 33.6 Å². The van der Waals surface area contributed by atoms with E-state index in [0.29, 0.717) is 25.7 Å². The van der Waals surface area contributed by atoms with E-state index in [-0.39, 0.29) is 11.8 Å². The molecule has 4 saturated heterocycles. The summed E-state index contributed by atoms with van der Waals surface area (Å²) in [5.41, 5.74) is -1.25. The molecule has 8 nitrogen and oxygen atoms in total. The van der Waals surface area contributed by atoms with E-state index >= 15 is 0 Å². The standard InChI is InChI=1S/C20H27F3O8/c1-10-4-5-13-11(2)19(20(21,22)23,27-15(26)7-6-14(24)25)29-16-18(13)12(10)8-9-17(3,28-16)30-31-18/h10-13,16H,4-9H2,1-3H3,(H,24,25)/t10-,11-,12+,13+,16+,17+,18-,19?/m1/s1. The molecular weight excluding hydrogens is 425 g/mol. The van der Waals surface area contributed by atoms with E-state index in [4.69, 9.17) is 29.1 Å². The molecule has 0 aromatic carbocycles. The van der Waals surface area contributed by atoms with Crippen molar-refractivity contribution < 1.29 is 51.9 Å². The van der Waals surface area contributed by atoms with E-state index in [1.165, 1.54) is 6.92 Å². The third-order valence-electron chi connectivity index (χ3n) is 7.46. The van der Waals surface area contributed by atoms with Crippen molar-refractivity contribution in [3.8, 4) is 0 Å². The predicted molar refractivity (Wildman–Crippen MR) is 94.8 cm³/mol. The third kappa shape index (κ3) is 3.35. The smallest absolute Gasteiger partial charge is 0.455 e. The zero-order valence-corrected chi connectivity index (χ0v) is 17.6. The van der Waals surface area contributed by atoms with Crippen LogP contribution in [0, 0.1) is 23.7 Å². The van der Waals surface area contributed by atoms with Crippen molar-refractivity contribution in [1.82, 2.24) is 0 Å². The Kier molecular flexibility index (Phi) is 5.35. The van der Waals surface area contributed by atoms with Gasteiger partial charge in [-0.25, -0.2) is 9.78 Å². The lowest BCUT2D eigenvalue weighted by Gasteiger charge is -2.62. The zero-order valence-electron chi connectivity index (χ0n) is 17.6. The lowest BCUT2D eigenvalue weighted by molar-refractivity contribution is -0.596. The molecular formula is C20H27F3O8. The fourth-order valence-electron chi connectivity index (χ4n) is 5.85. The Hall–Kier alpha value is -1.43. The predicted octanol–water partition coefficient (Wildman–Crippen LogP) is 3.53. The van der Waals surface area contributed by atoms with E-state index in [1.54, 1.807) is 6.92 Å². The van der Waals surface area contributed by atoms with Gasteiger partial charge in [0.05, 0.1) is 12.8 Å². The molecule has 176 valence electrons. The van der Waals surface area contributed by atoms with Gasteiger partial charge in [0.2, 0.25) is 5.79 Å². The number of carboxylic acid groups (broad SMARTS) is 1. The zero-order chi connectivity index (χ0) is 22.8. The average molecular weight is 452 g/mol. The number of hydrogen-bond acceptors (Lipinski definition) is 7. The molecule has 1 spiro atoms. The Labute approximate surface area is 177 Å². The molecule has 1 unspecified atom stereocenters. The molecule has 4 heterocycles. The second-order valence-electron chi connectivity index (χ2n) is 9.35. The van der Waals surface area contributed by atoms with Crippen LogP contribution in [0.2, 0.25) is 0 Å². The number of carboxylic acids is 1. The maximum atomic E-state index is 14.5. The number of fused-ring (bicyclic) bond motifs is 2. The van der Waals surface area contributed by atoms with Gasteiger partial charge in [0, 0.05) is 18.3 Å².